The molecule has 0 aromatic heterocycles. The Morgan fingerprint density at radius 3 is 1.82 bits per heavy atom. The first-order valence-electron chi connectivity index (χ1n) is 5.22. The lowest BCUT2D eigenvalue weighted by atomic mass is 9.83. The number of hydrogen-bond donors (Lipinski definition) is 0. The Morgan fingerprint density at radius 1 is 0.909 bits per heavy atom. The SMILES string of the molecule is C[C@@H]1CC2(CCCC2)C[C@H]1C. The van der Waals surface area contributed by atoms with Gasteiger partial charge in [-0.15, -0.1) is 0 Å². The zero-order chi connectivity index (χ0) is 7.90. The van der Waals surface area contributed by atoms with Gasteiger partial charge in [0.15, 0.2) is 0 Å². The van der Waals surface area contributed by atoms with Gasteiger partial charge in [0.1, 0.15) is 0 Å². The van der Waals surface area contributed by atoms with Gasteiger partial charge in [0.05, 0.1) is 0 Å². The predicted octanol–water partition coefficient (Wildman–Crippen LogP) is 3.61. The third-order valence-electron chi connectivity index (χ3n) is 4.15. The average Bonchev–Trinajstić information content (AvgIpc) is 2.46. The van der Waals surface area contributed by atoms with Crippen molar-refractivity contribution >= 4 is 0 Å². The standard InChI is InChI=1S/C11H20/c1-9-7-11(8-10(9)2)5-3-4-6-11/h9-10H,3-8H2,1-2H3/t9-,10-/m1/s1. The first-order valence-corrected chi connectivity index (χ1v) is 5.22. The van der Waals surface area contributed by atoms with Gasteiger partial charge in [-0.3, -0.25) is 0 Å². The number of rotatable bonds is 0. The molecule has 2 atom stereocenters. The maximum atomic E-state index is 2.44. The van der Waals surface area contributed by atoms with Crippen LogP contribution in [0.3, 0.4) is 0 Å². The maximum Gasteiger partial charge on any atom is -0.0292 e. The van der Waals surface area contributed by atoms with Gasteiger partial charge >= 0.3 is 0 Å². The van der Waals surface area contributed by atoms with Gasteiger partial charge in [-0.1, -0.05) is 26.7 Å². The van der Waals surface area contributed by atoms with E-state index in [0.717, 1.165) is 17.3 Å². The minimum Gasteiger partial charge on any atom is -0.0622 e. The van der Waals surface area contributed by atoms with Crippen molar-refractivity contribution in [3.63, 3.8) is 0 Å². The van der Waals surface area contributed by atoms with Crippen molar-refractivity contribution in [2.24, 2.45) is 17.3 Å². The van der Waals surface area contributed by atoms with Crippen LogP contribution in [0.25, 0.3) is 0 Å². The second-order valence-electron chi connectivity index (χ2n) is 5.07. The van der Waals surface area contributed by atoms with E-state index in [4.69, 9.17) is 0 Å². The van der Waals surface area contributed by atoms with Crippen molar-refractivity contribution < 1.29 is 0 Å². The predicted molar refractivity (Wildman–Crippen MR) is 48.5 cm³/mol. The fourth-order valence-electron chi connectivity index (χ4n) is 3.38. The van der Waals surface area contributed by atoms with E-state index in [-0.39, 0.29) is 0 Å². The van der Waals surface area contributed by atoms with Crippen LogP contribution in [0.5, 0.6) is 0 Å². The molecule has 0 aromatic rings. The van der Waals surface area contributed by atoms with Crippen LogP contribution in [0.2, 0.25) is 0 Å². The average molecular weight is 152 g/mol. The summed E-state index contributed by atoms with van der Waals surface area (Å²) >= 11 is 0. The van der Waals surface area contributed by atoms with E-state index in [1.165, 1.54) is 25.7 Å². The second kappa shape index (κ2) is 2.50. The Balaban J connectivity index is 2.06. The molecule has 0 heterocycles. The zero-order valence-corrected chi connectivity index (χ0v) is 7.90. The monoisotopic (exact) mass is 152 g/mol. The van der Waals surface area contributed by atoms with Crippen LogP contribution in [0, 0.1) is 17.3 Å². The van der Waals surface area contributed by atoms with E-state index >= 15 is 0 Å². The molecule has 0 unspecified atom stereocenters. The van der Waals surface area contributed by atoms with Crippen molar-refractivity contribution in [3.05, 3.63) is 0 Å². The Hall–Kier alpha value is 0. The highest BCUT2D eigenvalue weighted by Gasteiger charge is 2.42. The Bertz CT molecular complexity index is 130. The summed E-state index contributed by atoms with van der Waals surface area (Å²) in [4.78, 5) is 0. The van der Waals surface area contributed by atoms with Crippen LogP contribution >= 0.6 is 0 Å². The maximum absolute atomic E-state index is 2.44. The fourth-order valence-corrected chi connectivity index (χ4v) is 3.38. The summed E-state index contributed by atoms with van der Waals surface area (Å²) in [5.74, 6) is 2.01. The molecule has 2 aliphatic carbocycles. The molecule has 2 fully saturated rings. The zero-order valence-electron chi connectivity index (χ0n) is 7.90. The first kappa shape index (κ1) is 7.64. The van der Waals surface area contributed by atoms with Crippen LogP contribution in [0.15, 0.2) is 0 Å². The van der Waals surface area contributed by atoms with E-state index in [1.54, 1.807) is 12.8 Å². The number of hydrogen-bond acceptors (Lipinski definition) is 0. The van der Waals surface area contributed by atoms with Crippen LogP contribution < -0.4 is 0 Å². The minimum absolute atomic E-state index is 0.832. The highest BCUT2D eigenvalue weighted by atomic mass is 14.5. The summed E-state index contributed by atoms with van der Waals surface area (Å²) in [5.41, 5.74) is 0.832. The Kier molecular flexibility index (Phi) is 1.74. The molecule has 2 rings (SSSR count). The Morgan fingerprint density at radius 2 is 1.36 bits per heavy atom. The molecule has 0 bridgehead atoms. The molecular formula is C11H20. The minimum atomic E-state index is 0.832. The van der Waals surface area contributed by atoms with E-state index in [0.29, 0.717) is 0 Å². The molecule has 2 aliphatic rings. The Labute approximate surface area is 70.4 Å². The molecule has 0 nitrogen and oxygen atoms in total. The van der Waals surface area contributed by atoms with Gasteiger partial charge in [0, 0.05) is 0 Å². The molecule has 0 aromatic carbocycles. The van der Waals surface area contributed by atoms with E-state index < -0.39 is 0 Å². The van der Waals surface area contributed by atoms with Crippen molar-refractivity contribution in [3.8, 4) is 0 Å². The molecule has 0 heteroatoms. The third kappa shape index (κ3) is 1.21. The summed E-state index contributed by atoms with van der Waals surface area (Å²) in [6, 6.07) is 0. The van der Waals surface area contributed by atoms with Crippen molar-refractivity contribution in [1.82, 2.24) is 0 Å². The van der Waals surface area contributed by atoms with Crippen molar-refractivity contribution in [2.45, 2.75) is 52.4 Å². The van der Waals surface area contributed by atoms with Gasteiger partial charge in [0.25, 0.3) is 0 Å². The van der Waals surface area contributed by atoms with Gasteiger partial charge in [-0.2, -0.15) is 0 Å². The molecule has 2 saturated carbocycles. The van der Waals surface area contributed by atoms with Gasteiger partial charge < -0.3 is 0 Å². The topological polar surface area (TPSA) is 0 Å². The molecular weight excluding hydrogens is 132 g/mol. The summed E-state index contributed by atoms with van der Waals surface area (Å²) in [6.45, 7) is 4.88. The summed E-state index contributed by atoms with van der Waals surface area (Å²) in [7, 11) is 0. The van der Waals surface area contributed by atoms with Gasteiger partial charge in [-0.05, 0) is 42.9 Å². The first-order chi connectivity index (χ1) is 5.22. The normalized spacial score (nSPS) is 42.0. The van der Waals surface area contributed by atoms with Crippen LogP contribution in [-0.2, 0) is 0 Å². The highest BCUT2D eigenvalue weighted by molar-refractivity contribution is 4.93. The second-order valence-corrected chi connectivity index (χ2v) is 5.07. The largest absolute Gasteiger partial charge is 0.0622 e. The molecule has 0 saturated heterocycles. The molecule has 64 valence electrons. The summed E-state index contributed by atoms with van der Waals surface area (Å²) < 4.78 is 0. The molecule has 11 heavy (non-hydrogen) atoms. The van der Waals surface area contributed by atoms with Crippen LogP contribution in [-0.4, -0.2) is 0 Å². The quantitative estimate of drug-likeness (QED) is 0.497. The summed E-state index contributed by atoms with van der Waals surface area (Å²) in [6.07, 6.45) is 9.19. The highest BCUT2D eigenvalue weighted by Crippen LogP contribution is 2.54. The molecule has 0 N–H and O–H groups in total. The van der Waals surface area contributed by atoms with Crippen molar-refractivity contribution in [2.75, 3.05) is 0 Å². The lowest BCUT2D eigenvalue weighted by Crippen LogP contribution is -2.10. The van der Waals surface area contributed by atoms with Crippen molar-refractivity contribution in [1.29, 1.82) is 0 Å². The fraction of sp³-hybridized carbons (Fsp3) is 1.00. The lowest BCUT2D eigenvalue weighted by Gasteiger charge is -2.22. The molecule has 0 amide bonds. The van der Waals surface area contributed by atoms with E-state index in [2.05, 4.69) is 13.8 Å². The van der Waals surface area contributed by atoms with Crippen LogP contribution in [0.4, 0.5) is 0 Å². The lowest BCUT2D eigenvalue weighted by molar-refractivity contribution is 0.294. The van der Waals surface area contributed by atoms with Crippen LogP contribution in [0.1, 0.15) is 52.4 Å². The summed E-state index contributed by atoms with van der Waals surface area (Å²) in [5, 5.41) is 0. The smallest absolute Gasteiger partial charge is 0.0292 e. The molecule has 1 spiro atoms. The molecule has 0 aliphatic heterocycles. The van der Waals surface area contributed by atoms with Gasteiger partial charge in [-0.25, -0.2) is 0 Å². The van der Waals surface area contributed by atoms with Gasteiger partial charge in [0.2, 0.25) is 0 Å². The molecule has 0 radical (unpaired) electrons. The van der Waals surface area contributed by atoms with E-state index in [1.807, 2.05) is 0 Å². The third-order valence-corrected chi connectivity index (χ3v) is 4.15. The van der Waals surface area contributed by atoms with E-state index in [9.17, 15) is 0 Å².